The van der Waals surface area contributed by atoms with Crippen molar-refractivity contribution >= 4 is 42.1 Å². The van der Waals surface area contributed by atoms with Crippen molar-refractivity contribution in [3.05, 3.63) is 52.7 Å². The summed E-state index contributed by atoms with van der Waals surface area (Å²) in [4.78, 5) is 11.3. The summed E-state index contributed by atoms with van der Waals surface area (Å²) in [5.41, 5.74) is 2.53. The van der Waals surface area contributed by atoms with E-state index in [-0.39, 0.29) is 12.0 Å². The van der Waals surface area contributed by atoms with Crippen LogP contribution in [0, 0.1) is 0 Å². The fourth-order valence-electron chi connectivity index (χ4n) is 2.76. The number of nitrogens with zero attached hydrogens (tertiary/aromatic N) is 2. The van der Waals surface area contributed by atoms with Gasteiger partial charge in [0.15, 0.2) is 5.88 Å². The third kappa shape index (κ3) is 4.80. The van der Waals surface area contributed by atoms with Gasteiger partial charge in [0.25, 0.3) is 0 Å². The second-order valence-electron chi connectivity index (χ2n) is 5.95. The molecule has 0 saturated carbocycles. The minimum atomic E-state index is -3.14. The number of aromatic nitrogens is 2. The molecule has 0 aliphatic heterocycles. The van der Waals surface area contributed by atoms with E-state index in [1.54, 1.807) is 44.3 Å². The molecule has 1 aromatic carbocycles. The maximum absolute atomic E-state index is 12.6. The minimum Gasteiger partial charge on any atom is -0.494 e. The molecule has 2 aromatic heterocycles. The van der Waals surface area contributed by atoms with E-state index in [4.69, 9.17) is 20.6 Å². The van der Waals surface area contributed by atoms with E-state index in [2.05, 4.69) is 15.0 Å². The number of aliphatic imine (C=N–C) groups is 1. The van der Waals surface area contributed by atoms with Crippen LogP contribution in [0.5, 0.6) is 5.88 Å². The highest BCUT2D eigenvalue weighted by molar-refractivity contribution is 7.53. The molecule has 2 heterocycles. The standard InChI is InChI=1S/C19H21ClN3O4P/c1-3-26-28(25,27-4-2)12-13-5-7-14(8-6-13)21-11-16-15-9-10-17(20)22-18(15)23-19(16)24/h5-11,24H,3-4,12H2,1-2H3,(H,22,23). The average molecular weight is 422 g/mol. The molecule has 0 radical (unpaired) electrons. The summed E-state index contributed by atoms with van der Waals surface area (Å²) in [5, 5.41) is 11.1. The van der Waals surface area contributed by atoms with Crippen LogP contribution < -0.4 is 0 Å². The lowest BCUT2D eigenvalue weighted by molar-refractivity contribution is 0.219. The van der Waals surface area contributed by atoms with Gasteiger partial charge in [-0.1, -0.05) is 23.7 Å². The van der Waals surface area contributed by atoms with Crippen molar-refractivity contribution in [3.8, 4) is 5.88 Å². The van der Waals surface area contributed by atoms with Gasteiger partial charge in [0.1, 0.15) is 10.8 Å². The van der Waals surface area contributed by atoms with Crippen LogP contribution in [0.1, 0.15) is 25.0 Å². The maximum atomic E-state index is 12.6. The first-order chi connectivity index (χ1) is 13.4. The van der Waals surface area contributed by atoms with E-state index < -0.39 is 7.60 Å². The highest BCUT2D eigenvalue weighted by Gasteiger charge is 2.23. The van der Waals surface area contributed by atoms with Gasteiger partial charge in [0, 0.05) is 11.6 Å². The van der Waals surface area contributed by atoms with E-state index >= 15 is 0 Å². The Morgan fingerprint density at radius 1 is 1.18 bits per heavy atom. The average Bonchev–Trinajstić information content (AvgIpc) is 2.95. The largest absolute Gasteiger partial charge is 0.494 e. The van der Waals surface area contributed by atoms with Gasteiger partial charge in [0.2, 0.25) is 0 Å². The molecule has 148 valence electrons. The Bertz CT molecular complexity index is 1020. The molecule has 28 heavy (non-hydrogen) atoms. The summed E-state index contributed by atoms with van der Waals surface area (Å²) in [7, 11) is -3.14. The van der Waals surface area contributed by atoms with E-state index in [0.717, 1.165) is 10.9 Å². The quantitative estimate of drug-likeness (QED) is 0.287. The number of fused-ring (bicyclic) bond motifs is 1. The van der Waals surface area contributed by atoms with Crippen molar-refractivity contribution in [1.82, 2.24) is 9.97 Å². The predicted molar refractivity (Wildman–Crippen MR) is 111 cm³/mol. The molecule has 0 amide bonds. The number of rotatable bonds is 8. The topological polar surface area (TPSA) is 96.8 Å². The van der Waals surface area contributed by atoms with Crippen molar-refractivity contribution in [2.24, 2.45) is 4.99 Å². The summed E-state index contributed by atoms with van der Waals surface area (Å²) in [6, 6.07) is 10.7. The predicted octanol–water partition coefficient (Wildman–Crippen LogP) is 5.44. The molecule has 0 bridgehead atoms. The number of aromatic amines is 1. The molecule has 7 nitrogen and oxygen atoms in total. The number of pyridine rings is 1. The highest BCUT2D eigenvalue weighted by atomic mass is 35.5. The van der Waals surface area contributed by atoms with Crippen LogP contribution in [-0.4, -0.2) is 34.5 Å². The van der Waals surface area contributed by atoms with Gasteiger partial charge in [-0.3, -0.25) is 9.56 Å². The summed E-state index contributed by atoms with van der Waals surface area (Å²) in [5.74, 6) is -0.0282. The number of halogens is 1. The first-order valence-electron chi connectivity index (χ1n) is 8.82. The number of nitrogens with one attached hydrogen (secondary N) is 1. The fourth-order valence-corrected chi connectivity index (χ4v) is 4.61. The summed E-state index contributed by atoms with van der Waals surface area (Å²) >= 11 is 5.87. The summed E-state index contributed by atoms with van der Waals surface area (Å²) < 4.78 is 23.3. The van der Waals surface area contributed by atoms with Crippen LogP contribution in [0.25, 0.3) is 11.0 Å². The van der Waals surface area contributed by atoms with E-state index in [9.17, 15) is 9.67 Å². The molecule has 0 atom stereocenters. The van der Waals surface area contributed by atoms with Gasteiger partial charge >= 0.3 is 7.60 Å². The lowest BCUT2D eigenvalue weighted by atomic mass is 10.2. The van der Waals surface area contributed by atoms with Crippen LogP contribution in [-0.2, 0) is 19.8 Å². The second-order valence-corrected chi connectivity index (χ2v) is 8.39. The van der Waals surface area contributed by atoms with Gasteiger partial charge in [-0.05, 0) is 43.7 Å². The number of aromatic hydroxyl groups is 1. The van der Waals surface area contributed by atoms with Crippen LogP contribution in [0.3, 0.4) is 0 Å². The second kappa shape index (κ2) is 8.88. The Hall–Kier alpha value is -2.18. The van der Waals surface area contributed by atoms with Gasteiger partial charge < -0.3 is 19.1 Å². The first kappa shape index (κ1) is 20.6. The molecule has 9 heteroatoms. The molecular weight excluding hydrogens is 401 g/mol. The first-order valence-corrected chi connectivity index (χ1v) is 10.9. The highest BCUT2D eigenvalue weighted by Crippen LogP contribution is 2.51. The van der Waals surface area contributed by atoms with Crippen molar-refractivity contribution in [2.45, 2.75) is 20.0 Å². The van der Waals surface area contributed by atoms with Gasteiger partial charge in [-0.15, -0.1) is 0 Å². The SMILES string of the molecule is CCOP(=O)(Cc1ccc(N=Cc2c(O)[nH]c3nc(Cl)ccc23)cc1)OCC. The monoisotopic (exact) mass is 421 g/mol. The molecule has 0 aliphatic rings. The zero-order valence-electron chi connectivity index (χ0n) is 15.6. The van der Waals surface area contributed by atoms with E-state index in [0.29, 0.717) is 35.3 Å². The summed E-state index contributed by atoms with van der Waals surface area (Å²) in [6.45, 7) is 4.22. The smallest absolute Gasteiger partial charge is 0.335 e. The van der Waals surface area contributed by atoms with Crippen molar-refractivity contribution in [2.75, 3.05) is 13.2 Å². The fraction of sp³-hybridized carbons (Fsp3) is 0.263. The molecule has 2 N–H and O–H groups in total. The van der Waals surface area contributed by atoms with Gasteiger partial charge in [-0.25, -0.2) is 4.98 Å². The minimum absolute atomic E-state index is 0.0282. The lowest BCUT2D eigenvalue weighted by Crippen LogP contribution is -1.98. The van der Waals surface area contributed by atoms with Crippen LogP contribution in [0.15, 0.2) is 41.4 Å². The normalized spacial score (nSPS) is 12.2. The molecule has 0 fully saturated rings. The molecule has 3 rings (SSSR count). The van der Waals surface area contributed by atoms with Crippen molar-refractivity contribution in [1.29, 1.82) is 0 Å². The summed E-state index contributed by atoms with van der Waals surface area (Å²) in [6.07, 6.45) is 1.76. The zero-order chi connectivity index (χ0) is 20.1. The van der Waals surface area contributed by atoms with Crippen LogP contribution >= 0.6 is 19.2 Å². The Labute approximate surface area is 167 Å². The molecule has 3 aromatic rings. The number of hydrogen-bond acceptors (Lipinski definition) is 6. The Morgan fingerprint density at radius 2 is 1.86 bits per heavy atom. The van der Waals surface area contributed by atoms with Gasteiger partial charge in [-0.2, -0.15) is 0 Å². The molecule has 0 saturated heterocycles. The number of benzene rings is 1. The van der Waals surface area contributed by atoms with E-state index in [1.165, 1.54) is 0 Å². The van der Waals surface area contributed by atoms with Crippen molar-refractivity contribution in [3.63, 3.8) is 0 Å². The van der Waals surface area contributed by atoms with Crippen LogP contribution in [0.2, 0.25) is 5.15 Å². The van der Waals surface area contributed by atoms with Crippen LogP contribution in [0.4, 0.5) is 5.69 Å². The number of hydrogen-bond donors (Lipinski definition) is 2. The Balaban J connectivity index is 1.78. The van der Waals surface area contributed by atoms with E-state index in [1.807, 2.05) is 12.1 Å². The molecule has 0 spiro atoms. The molecule has 0 unspecified atom stereocenters. The molecular formula is C19H21ClN3O4P. The Kier molecular flexibility index (Phi) is 6.52. The third-order valence-corrected chi connectivity index (χ3v) is 6.22. The molecule has 0 aliphatic carbocycles. The zero-order valence-corrected chi connectivity index (χ0v) is 17.2. The Morgan fingerprint density at radius 3 is 2.50 bits per heavy atom. The van der Waals surface area contributed by atoms with Crippen molar-refractivity contribution < 1.29 is 18.7 Å². The van der Waals surface area contributed by atoms with Gasteiger partial charge in [0.05, 0.1) is 30.6 Å². The number of H-pyrrole nitrogens is 1. The third-order valence-electron chi connectivity index (χ3n) is 3.95. The lowest BCUT2D eigenvalue weighted by Gasteiger charge is -2.16. The maximum Gasteiger partial charge on any atom is 0.335 e.